The van der Waals surface area contributed by atoms with Crippen molar-refractivity contribution in [2.24, 2.45) is 5.92 Å². The number of hydrogen-bond acceptors (Lipinski definition) is 3. The van der Waals surface area contributed by atoms with Crippen molar-refractivity contribution in [2.75, 3.05) is 18.6 Å². The molecule has 0 saturated heterocycles. The minimum absolute atomic E-state index is 0.0759. The number of esters is 1. The molecule has 66 valence electrons. The summed E-state index contributed by atoms with van der Waals surface area (Å²) in [5.74, 6) is 1.22. The largest absolute Gasteiger partial charge is 0.465 e. The van der Waals surface area contributed by atoms with Crippen LogP contribution in [-0.4, -0.2) is 24.6 Å². The van der Waals surface area contributed by atoms with Gasteiger partial charge in [0.1, 0.15) is 0 Å². The molecule has 3 heteroatoms. The van der Waals surface area contributed by atoms with Crippen molar-refractivity contribution in [3.05, 3.63) is 0 Å². The molecule has 0 spiro atoms. The summed E-state index contributed by atoms with van der Waals surface area (Å²) in [4.78, 5) is 10.9. The summed E-state index contributed by atoms with van der Waals surface area (Å²) in [6.45, 7) is 4.61. The summed E-state index contributed by atoms with van der Waals surface area (Å²) in [5, 5.41) is 0. The monoisotopic (exact) mass is 176 g/mol. The summed E-state index contributed by atoms with van der Waals surface area (Å²) in [6.07, 6.45) is 2.52. The normalized spacial score (nSPS) is 10.2. The minimum Gasteiger partial charge on any atom is -0.465 e. The van der Waals surface area contributed by atoms with E-state index in [1.807, 2.05) is 20.1 Å². The summed E-state index contributed by atoms with van der Waals surface area (Å²) in [7, 11) is 0. The van der Waals surface area contributed by atoms with Gasteiger partial charge in [0.15, 0.2) is 0 Å². The molecule has 0 aromatic heterocycles. The zero-order valence-electron chi connectivity index (χ0n) is 7.42. The Morgan fingerprint density at radius 1 is 1.55 bits per heavy atom. The Kier molecular flexibility index (Phi) is 6.42. The van der Waals surface area contributed by atoms with Crippen molar-refractivity contribution < 1.29 is 9.53 Å². The molecule has 0 aromatic carbocycles. The third-order valence-electron chi connectivity index (χ3n) is 1.09. The van der Waals surface area contributed by atoms with Crippen LogP contribution in [0.15, 0.2) is 0 Å². The van der Waals surface area contributed by atoms with Gasteiger partial charge in [0.05, 0.1) is 13.0 Å². The molecule has 0 aliphatic heterocycles. The van der Waals surface area contributed by atoms with Gasteiger partial charge in [-0.15, -0.1) is 0 Å². The Balaban J connectivity index is 3.23. The van der Waals surface area contributed by atoms with E-state index in [0.717, 1.165) is 5.75 Å². The van der Waals surface area contributed by atoms with Crippen LogP contribution < -0.4 is 0 Å². The molecule has 0 unspecified atom stereocenters. The average molecular weight is 176 g/mol. The Morgan fingerprint density at radius 3 is 2.64 bits per heavy atom. The van der Waals surface area contributed by atoms with Crippen molar-refractivity contribution in [1.82, 2.24) is 0 Å². The maximum absolute atomic E-state index is 10.9. The molecule has 0 atom stereocenters. The SMILES string of the molecule is CSCCC(=O)OCC(C)C. The van der Waals surface area contributed by atoms with Gasteiger partial charge < -0.3 is 4.74 Å². The summed E-state index contributed by atoms with van der Waals surface area (Å²) >= 11 is 1.66. The lowest BCUT2D eigenvalue weighted by Gasteiger charge is -2.05. The Morgan fingerprint density at radius 2 is 2.18 bits per heavy atom. The lowest BCUT2D eigenvalue weighted by atomic mass is 10.2. The van der Waals surface area contributed by atoms with Crippen LogP contribution in [0.4, 0.5) is 0 Å². The lowest BCUT2D eigenvalue weighted by Crippen LogP contribution is -2.10. The highest BCUT2D eigenvalue weighted by Crippen LogP contribution is 1.99. The van der Waals surface area contributed by atoms with Crippen molar-refractivity contribution in [3.8, 4) is 0 Å². The standard InChI is InChI=1S/C8H16O2S/c1-7(2)6-10-8(9)4-5-11-3/h7H,4-6H2,1-3H3. The van der Waals surface area contributed by atoms with Gasteiger partial charge in [-0.05, 0) is 12.2 Å². The molecule has 2 nitrogen and oxygen atoms in total. The van der Waals surface area contributed by atoms with E-state index in [1.165, 1.54) is 0 Å². The highest BCUT2D eigenvalue weighted by Gasteiger charge is 2.02. The second-order valence-electron chi connectivity index (χ2n) is 2.82. The number of rotatable bonds is 5. The number of hydrogen-bond donors (Lipinski definition) is 0. The van der Waals surface area contributed by atoms with Crippen LogP contribution in [0.2, 0.25) is 0 Å². The zero-order valence-corrected chi connectivity index (χ0v) is 8.24. The van der Waals surface area contributed by atoms with Crippen LogP contribution in [0.5, 0.6) is 0 Å². The molecule has 0 rings (SSSR count). The Hall–Kier alpha value is -0.180. The van der Waals surface area contributed by atoms with Gasteiger partial charge >= 0.3 is 5.97 Å². The van der Waals surface area contributed by atoms with E-state index in [1.54, 1.807) is 11.8 Å². The molecule has 0 radical (unpaired) electrons. The van der Waals surface area contributed by atoms with E-state index in [4.69, 9.17) is 4.74 Å². The van der Waals surface area contributed by atoms with E-state index in [9.17, 15) is 4.79 Å². The molecule has 0 N–H and O–H groups in total. The van der Waals surface area contributed by atoms with Crippen LogP contribution in [0.25, 0.3) is 0 Å². The van der Waals surface area contributed by atoms with Crippen LogP contribution >= 0.6 is 11.8 Å². The molecule has 11 heavy (non-hydrogen) atoms. The van der Waals surface area contributed by atoms with Crippen molar-refractivity contribution in [2.45, 2.75) is 20.3 Å². The van der Waals surface area contributed by atoms with Crippen molar-refractivity contribution >= 4 is 17.7 Å². The number of ether oxygens (including phenoxy) is 1. The first-order valence-corrected chi connectivity index (χ1v) is 5.20. The van der Waals surface area contributed by atoms with Gasteiger partial charge in [0, 0.05) is 5.75 Å². The maximum atomic E-state index is 10.9. The van der Waals surface area contributed by atoms with Gasteiger partial charge in [0.25, 0.3) is 0 Å². The average Bonchev–Trinajstić information content (AvgIpc) is 1.97. The highest BCUT2D eigenvalue weighted by atomic mass is 32.2. The van der Waals surface area contributed by atoms with E-state index in [-0.39, 0.29) is 5.97 Å². The molecule has 0 saturated carbocycles. The van der Waals surface area contributed by atoms with E-state index in [2.05, 4.69) is 0 Å². The highest BCUT2D eigenvalue weighted by molar-refractivity contribution is 7.98. The second kappa shape index (κ2) is 6.53. The van der Waals surface area contributed by atoms with Gasteiger partial charge in [0.2, 0.25) is 0 Å². The maximum Gasteiger partial charge on any atom is 0.306 e. The van der Waals surface area contributed by atoms with Crippen LogP contribution in [0.1, 0.15) is 20.3 Å². The molecule has 0 bridgehead atoms. The molecule has 0 amide bonds. The second-order valence-corrected chi connectivity index (χ2v) is 3.81. The fourth-order valence-corrected chi connectivity index (χ4v) is 0.888. The van der Waals surface area contributed by atoms with Gasteiger partial charge in [-0.2, -0.15) is 11.8 Å². The predicted octanol–water partition coefficient (Wildman–Crippen LogP) is 1.94. The zero-order chi connectivity index (χ0) is 8.69. The molecule has 0 heterocycles. The molecule has 0 aliphatic rings. The van der Waals surface area contributed by atoms with Gasteiger partial charge in [-0.1, -0.05) is 13.8 Å². The van der Waals surface area contributed by atoms with Crippen LogP contribution in [0.3, 0.4) is 0 Å². The number of thioether (sulfide) groups is 1. The topological polar surface area (TPSA) is 26.3 Å². The van der Waals surface area contributed by atoms with E-state index < -0.39 is 0 Å². The molecule has 0 aliphatic carbocycles. The van der Waals surface area contributed by atoms with Gasteiger partial charge in [-0.3, -0.25) is 4.79 Å². The third-order valence-corrected chi connectivity index (χ3v) is 1.70. The smallest absolute Gasteiger partial charge is 0.306 e. The fourth-order valence-electron chi connectivity index (χ4n) is 0.517. The summed E-state index contributed by atoms with van der Waals surface area (Å²) in [5.41, 5.74) is 0. The number of carbonyl (C=O) groups is 1. The molecule has 0 aromatic rings. The van der Waals surface area contributed by atoms with E-state index >= 15 is 0 Å². The first-order valence-electron chi connectivity index (χ1n) is 3.81. The molecule has 0 fully saturated rings. The first-order chi connectivity index (χ1) is 5.16. The minimum atomic E-state index is -0.0759. The van der Waals surface area contributed by atoms with Gasteiger partial charge in [-0.25, -0.2) is 0 Å². The Labute approximate surface area is 72.7 Å². The third kappa shape index (κ3) is 7.72. The number of carbonyl (C=O) groups excluding carboxylic acids is 1. The van der Waals surface area contributed by atoms with E-state index in [0.29, 0.717) is 18.9 Å². The van der Waals surface area contributed by atoms with Crippen LogP contribution in [-0.2, 0) is 9.53 Å². The lowest BCUT2D eigenvalue weighted by molar-refractivity contribution is -0.144. The van der Waals surface area contributed by atoms with Crippen molar-refractivity contribution in [1.29, 1.82) is 0 Å². The molecular weight excluding hydrogens is 160 g/mol. The first kappa shape index (κ1) is 10.8. The summed E-state index contributed by atoms with van der Waals surface area (Å²) in [6, 6.07) is 0. The fraction of sp³-hybridized carbons (Fsp3) is 0.875. The van der Waals surface area contributed by atoms with Crippen molar-refractivity contribution in [3.63, 3.8) is 0 Å². The summed E-state index contributed by atoms with van der Waals surface area (Å²) < 4.78 is 4.95. The van der Waals surface area contributed by atoms with Crippen LogP contribution in [0, 0.1) is 5.92 Å². The quantitative estimate of drug-likeness (QED) is 0.599. The predicted molar refractivity (Wildman–Crippen MR) is 48.8 cm³/mol. The molecular formula is C8H16O2S. The Bertz CT molecular complexity index is 113.